The molecule has 3 fully saturated rings. The molecule has 8 heteroatoms. The van der Waals surface area contributed by atoms with Crippen molar-refractivity contribution in [2.45, 2.75) is 87.3 Å². The molecule has 0 unspecified atom stereocenters. The monoisotopic (exact) mass is 508 g/mol. The third kappa shape index (κ3) is 4.52. The van der Waals surface area contributed by atoms with E-state index in [0.29, 0.717) is 6.42 Å². The van der Waals surface area contributed by atoms with Crippen LogP contribution in [0.1, 0.15) is 68.5 Å². The van der Waals surface area contributed by atoms with Crippen LogP contribution in [0.25, 0.3) is 0 Å². The van der Waals surface area contributed by atoms with Gasteiger partial charge in [0.1, 0.15) is 18.1 Å². The first-order chi connectivity index (χ1) is 17.5. The van der Waals surface area contributed by atoms with Crippen LogP contribution >= 0.6 is 11.8 Å². The van der Waals surface area contributed by atoms with E-state index in [1.807, 2.05) is 11.0 Å². The average Bonchev–Trinajstić information content (AvgIpc) is 3.44. The summed E-state index contributed by atoms with van der Waals surface area (Å²) in [4.78, 5) is 42.6. The number of carbonyl (C=O) groups is 3. The SMILES string of the molecule is C#C[C@H](NC)C(=O)N[C@H]1CCS[C@H]2CC3(CCCC3)[C@@H](C(=O)N[C@@H]3CCCc4ccccc43)N2C1=O. The molecule has 5 atom stereocenters. The van der Waals surface area contributed by atoms with E-state index in [9.17, 15) is 14.4 Å². The lowest BCUT2D eigenvalue weighted by molar-refractivity contribution is -0.144. The number of carbonyl (C=O) groups excluding carboxylic acids is 3. The second-order valence-corrected chi connectivity index (χ2v) is 11.9. The topological polar surface area (TPSA) is 90.5 Å². The molecule has 0 bridgehead atoms. The first kappa shape index (κ1) is 25.2. The van der Waals surface area contributed by atoms with Crippen molar-refractivity contribution in [3.05, 3.63) is 35.4 Å². The van der Waals surface area contributed by atoms with E-state index in [2.05, 4.69) is 40.1 Å². The van der Waals surface area contributed by atoms with Gasteiger partial charge in [0.15, 0.2) is 0 Å². The van der Waals surface area contributed by atoms with E-state index >= 15 is 0 Å². The first-order valence-electron chi connectivity index (χ1n) is 13.2. The molecule has 1 spiro atoms. The predicted molar refractivity (Wildman–Crippen MR) is 141 cm³/mol. The number of nitrogens with zero attached hydrogens (tertiary/aromatic N) is 1. The molecule has 0 radical (unpaired) electrons. The zero-order valence-electron chi connectivity index (χ0n) is 20.9. The van der Waals surface area contributed by atoms with Crippen LogP contribution in [0.2, 0.25) is 0 Å². The van der Waals surface area contributed by atoms with E-state index in [-0.39, 0.29) is 34.6 Å². The van der Waals surface area contributed by atoms with Crippen LogP contribution in [0.15, 0.2) is 24.3 Å². The Balaban J connectivity index is 1.41. The van der Waals surface area contributed by atoms with Gasteiger partial charge in [-0.05, 0) is 68.9 Å². The number of terminal acetylenes is 1. The van der Waals surface area contributed by atoms with Crippen molar-refractivity contribution >= 4 is 29.5 Å². The van der Waals surface area contributed by atoms with Gasteiger partial charge < -0.3 is 15.5 Å². The minimum atomic E-state index is -0.797. The standard InChI is InChI=1S/C28H36N4O3S/c1-3-20(29-2)25(33)31-22-13-16-36-23-17-28(14-6-7-15-28)24(32(23)27(22)35)26(34)30-21-12-8-10-18-9-4-5-11-19(18)21/h1,4-5,9,11,20-24,29H,6-8,10,12-17H2,2H3,(H,30,34)(H,31,33)/t20-,21+,22-,23-,24+/m0/s1. The number of likely N-dealkylation sites (N-methyl/N-ethyl adjacent to an activating group) is 1. The molecule has 2 heterocycles. The maximum atomic E-state index is 14.1. The highest BCUT2D eigenvalue weighted by Gasteiger charge is 2.59. The van der Waals surface area contributed by atoms with Gasteiger partial charge in [-0.1, -0.05) is 43.0 Å². The summed E-state index contributed by atoms with van der Waals surface area (Å²) in [6.07, 6.45) is 13.9. The van der Waals surface area contributed by atoms with Crippen molar-refractivity contribution in [2.75, 3.05) is 12.8 Å². The van der Waals surface area contributed by atoms with Gasteiger partial charge in [-0.25, -0.2) is 0 Å². The highest BCUT2D eigenvalue weighted by atomic mass is 32.2. The Morgan fingerprint density at radius 1 is 1.14 bits per heavy atom. The Labute approximate surface area is 217 Å². The summed E-state index contributed by atoms with van der Waals surface area (Å²) in [5.41, 5.74) is 2.30. The smallest absolute Gasteiger partial charge is 0.250 e. The summed E-state index contributed by atoms with van der Waals surface area (Å²) in [5, 5.41) is 9.00. The molecule has 2 aliphatic heterocycles. The molecule has 0 aromatic heterocycles. The summed E-state index contributed by atoms with van der Waals surface area (Å²) in [6.45, 7) is 0. The fourth-order valence-electron chi connectivity index (χ4n) is 6.85. The normalized spacial score (nSPS) is 29.6. The van der Waals surface area contributed by atoms with E-state index < -0.39 is 18.1 Å². The van der Waals surface area contributed by atoms with Crippen LogP contribution in [-0.4, -0.2) is 58.9 Å². The second-order valence-electron chi connectivity index (χ2n) is 10.6. The summed E-state index contributed by atoms with van der Waals surface area (Å²) in [5.74, 6) is 2.59. The molecule has 1 aromatic carbocycles. The molecule has 5 rings (SSSR count). The van der Waals surface area contributed by atoms with E-state index in [1.165, 1.54) is 11.1 Å². The number of fused-ring (bicyclic) bond motifs is 2. The van der Waals surface area contributed by atoms with Gasteiger partial charge in [-0.15, -0.1) is 18.2 Å². The van der Waals surface area contributed by atoms with Gasteiger partial charge >= 0.3 is 0 Å². The molecule has 4 aliphatic rings. The fourth-order valence-corrected chi connectivity index (χ4v) is 8.33. The van der Waals surface area contributed by atoms with E-state index in [4.69, 9.17) is 6.42 Å². The highest BCUT2D eigenvalue weighted by molar-refractivity contribution is 7.99. The number of aryl methyl sites for hydroxylation is 1. The maximum absolute atomic E-state index is 14.1. The second kappa shape index (κ2) is 10.5. The van der Waals surface area contributed by atoms with Gasteiger partial charge in [0, 0.05) is 5.41 Å². The molecule has 3 N–H and O–H groups in total. The summed E-state index contributed by atoms with van der Waals surface area (Å²) < 4.78 is 0. The van der Waals surface area contributed by atoms with Crippen molar-refractivity contribution in [2.24, 2.45) is 5.41 Å². The molecule has 36 heavy (non-hydrogen) atoms. The van der Waals surface area contributed by atoms with Gasteiger partial charge in [0.05, 0.1) is 11.4 Å². The largest absolute Gasteiger partial charge is 0.347 e. The van der Waals surface area contributed by atoms with Crippen LogP contribution in [0.4, 0.5) is 0 Å². The van der Waals surface area contributed by atoms with Crippen molar-refractivity contribution in [1.29, 1.82) is 0 Å². The zero-order valence-corrected chi connectivity index (χ0v) is 21.7. The van der Waals surface area contributed by atoms with Gasteiger partial charge in [0.25, 0.3) is 0 Å². The number of benzene rings is 1. The maximum Gasteiger partial charge on any atom is 0.250 e. The van der Waals surface area contributed by atoms with Crippen LogP contribution in [0, 0.1) is 17.8 Å². The van der Waals surface area contributed by atoms with Crippen LogP contribution in [0.3, 0.4) is 0 Å². The molecular formula is C28H36N4O3S. The Bertz CT molecular complexity index is 1060. The molecular weight excluding hydrogens is 472 g/mol. The number of hydrogen-bond donors (Lipinski definition) is 3. The van der Waals surface area contributed by atoms with Crippen LogP contribution < -0.4 is 16.0 Å². The third-order valence-electron chi connectivity index (χ3n) is 8.59. The number of amides is 3. The van der Waals surface area contributed by atoms with Crippen LogP contribution in [0.5, 0.6) is 0 Å². The molecule has 7 nitrogen and oxygen atoms in total. The summed E-state index contributed by atoms with van der Waals surface area (Å²) in [6, 6.07) is 6.33. The number of nitrogens with one attached hydrogen (secondary N) is 3. The van der Waals surface area contributed by atoms with Crippen molar-refractivity contribution < 1.29 is 14.4 Å². The van der Waals surface area contributed by atoms with Crippen molar-refractivity contribution in [1.82, 2.24) is 20.9 Å². The Morgan fingerprint density at radius 2 is 1.92 bits per heavy atom. The van der Waals surface area contributed by atoms with Crippen LogP contribution in [-0.2, 0) is 20.8 Å². The lowest BCUT2D eigenvalue weighted by Crippen LogP contribution is -2.58. The Hall–Kier alpha value is -2.50. The van der Waals surface area contributed by atoms with Crippen molar-refractivity contribution in [3.8, 4) is 12.3 Å². The minimum Gasteiger partial charge on any atom is -0.347 e. The molecule has 2 saturated heterocycles. The van der Waals surface area contributed by atoms with Crippen molar-refractivity contribution in [3.63, 3.8) is 0 Å². The minimum absolute atomic E-state index is 0.0304. The van der Waals surface area contributed by atoms with Gasteiger partial charge in [-0.3, -0.25) is 19.7 Å². The highest BCUT2D eigenvalue weighted by Crippen LogP contribution is 2.55. The Kier molecular flexibility index (Phi) is 7.32. The number of hydrogen-bond acceptors (Lipinski definition) is 5. The fraction of sp³-hybridized carbons (Fsp3) is 0.607. The lowest BCUT2D eigenvalue weighted by atomic mass is 9.77. The van der Waals surface area contributed by atoms with E-state index in [0.717, 1.165) is 57.1 Å². The van der Waals surface area contributed by atoms with Gasteiger partial charge in [0.2, 0.25) is 17.7 Å². The third-order valence-corrected chi connectivity index (χ3v) is 9.84. The molecule has 2 aliphatic carbocycles. The molecule has 1 saturated carbocycles. The zero-order chi connectivity index (χ0) is 25.3. The lowest BCUT2D eigenvalue weighted by Gasteiger charge is -2.37. The summed E-state index contributed by atoms with van der Waals surface area (Å²) in [7, 11) is 1.62. The molecule has 3 amide bonds. The molecule has 1 aromatic rings. The first-order valence-corrected chi connectivity index (χ1v) is 14.3. The average molecular weight is 509 g/mol. The predicted octanol–water partition coefficient (Wildman–Crippen LogP) is 2.51. The number of thioether (sulfide) groups is 1. The van der Waals surface area contributed by atoms with Gasteiger partial charge in [-0.2, -0.15) is 0 Å². The molecule has 192 valence electrons. The van der Waals surface area contributed by atoms with E-state index in [1.54, 1.807) is 18.8 Å². The quantitative estimate of drug-likeness (QED) is 0.532. The summed E-state index contributed by atoms with van der Waals surface area (Å²) >= 11 is 1.74. The Morgan fingerprint density at radius 3 is 2.67 bits per heavy atom. The number of rotatable bonds is 5.